The van der Waals surface area contributed by atoms with Crippen LogP contribution in [-0.4, -0.2) is 49.1 Å². The third kappa shape index (κ3) is 3.55. The van der Waals surface area contributed by atoms with Crippen molar-refractivity contribution in [3.8, 4) is 5.75 Å². The Morgan fingerprint density at radius 1 is 0.880 bits per heavy atom. The molecule has 2 aliphatic heterocycles. The van der Waals surface area contributed by atoms with Crippen molar-refractivity contribution >= 4 is 0 Å². The summed E-state index contributed by atoms with van der Waals surface area (Å²) in [6.45, 7) is 5.78. The van der Waals surface area contributed by atoms with E-state index >= 15 is 0 Å². The Morgan fingerprint density at radius 2 is 1.60 bits per heavy atom. The zero-order chi connectivity index (χ0) is 17.1. The molecule has 132 valence electrons. The van der Waals surface area contributed by atoms with Crippen LogP contribution in [0.2, 0.25) is 0 Å². The highest BCUT2D eigenvalue weighted by Gasteiger charge is 2.30. The summed E-state index contributed by atoms with van der Waals surface area (Å²) in [5.41, 5.74) is 1.80. The van der Waals surface area contributed by atoms with E-state index < -0.39 is 0 Å². The number of nitrogens with zero attached hydrogens (tertiary/aromatic N) is 2. The Balaban J connectivity index is 1.67. The molecule has 0 spiro atoms. The molecule has 4 rings (SSSR count). The molecule has 4 heteroatoms. The third-order valence-electron chi connectivity index (χ3n) is 5.32. The Hall–Kier alpha value is -1.91. The number of hydrogen-bond donors (Lipinski definition) is 0. The molecule has 1 saturated heterocycles. The van der Waals surface area contributed by atoms with Crippen LogP contribution in [0.4, 0.5) is 4.39 Å². The van der Waals surface area contributed by atoms with Crippen LogP contribution in [0.3, 0.4) is 0 Å². The van der Waals surface area contributed by atoms with Gasteiger partial charge in [0.1, 0.15) is 18.2 Å². The molecule has 2 heterocycles. The number of rotatable bonds is 4. The fraction of sp³-hybridized carbons (Fsp3) is 0.429. The van der Waals surface area contributed by atoms with Crippen molar-refractivity contribution in [2.24, 2.45) is 0 Å². The predicted octanol–water partition coefficient (Wildman–Crippen LogP) is 3.71. The summed E-state index contributed by atoms with van der Waals surface area (Å²) in [4.78, 5) is 4.89. The van der Waals surface area contributed by atoms with Gasteiger partial charge < -0.3 is 9.64 Å². The maximum Gasteiger partial charge on any atom is 0.128 e. The molecule has 0 N–H and O–H groups in total. The molecule has 0 aromatic heterocycles. The van der Waals surface area contributed by atoms with Crippen LogP contribution < -0.4 is 4.74 Å². The van der Waals surface area contributed by atoms with E-state index in [1.165, 1.54) is 25.9 Å². The zero-order valence-corrected chi connectivity index (χ0v) is 14.5. The summed E-state index contributed by atoms with van der Waals surface area (Å²) in [7, 11) is 0. The molecule has 0 amide bonds. The van der Waals surface area contributed by atoms with Crippen LogP contribution in [0.15, 0.2) is 48.5 Å². The SMILES string of the molecule is Fc1ccccc1C1c2ccccc2OCCN1CCN1CCCC1. The summed E-state index contributed by atoms with van der Waals surface area (Å²) < 4.78 is 20.6. The highest BCUT2D eigenvalue weighted by Crippen LogP contribution is 2.37. The highest BCUT2D eigenvalue weighted by molar-refractivity contribution is 5.42. The molecule has 0 radical (unpaired) electrons. The van der Waals surface area contributed by atoms with E-state index in [4.69, 9.17) is 4.74 Å². The highest BCUT2D eigenvalue weighted by atomic mass is 19.1. The molecule has 25 heavy (non-hydrogen) atoms. The van der Waals surface area contributed by atoms with Crippen LogP contribution in [0.25, 0.3) is 0 Å². The van der Waals surface area contributed by atoms with Gasteiger partial charge in [0.15, 0.2) is 0 Å². The van der Waals surface area contributed by atoms with Crippen molar-refractivity contribution in [3.63, 3.8) is 0 Å². The van der Waals surface area contributed by atoms with Crippen LogP contribution >= 0.6 is 0 Å². The number of likely N-dealkylation sites (tertiary alicyclic amines) is 1. The van der Waals surface area contributed by atoms with E-state index in [0.717, 1.165) is 36.5 Å². The molecule has 0 aliphatic carbocycles. The standard InChI is InChI=1S/C21H25FN2O/c22-19-9-3-1-7-17(19)21-18-8-2-4-10-20(18)25-16-15-24(21)14-13-23-11-5-6-12-23/h1-4,7-10,21H,5-6,11-16H2. The minimum atomic E-state index is -0.143. The van der Waals surface area contributed by atoms with Gasteiger partial charge in [-0.2, -0.15) is 0 Å². The van der Waals surface area contributed by atoms with Gasteiger partial charge in [0.25, 0.3) is 0 Å². The second-order valence-electron chi connectivity index (χ2n) is 6.90. The lowest BCUT2D eigenvalue weighted by atomic mass is 9.96. The topological polar surface area (TPSA) is 15.7 Å². The first kappa shape index (κ1) is 16.6. The first-order chi connectivity index (χ1) is 12.3. The van der Waals surface area contributed by atoms with Gasteiger partial charge in [-0.25, -0.2) is 4.39 Å². The summed E-state index contributed by atoms with van der Waals surface area (Å²) in [5, 5.41) is 0. The Bertz CT molecular complexity index is 715. The van der Waals surface area contributed by atoms with Crippen LogP contribution in [0.1, 0.15) is 30.0 Å². The maximum absolute atomic E-state index is 14.6. The predicted molar refractivity (Wildman–Crippen MR) is 97.4 cm³/mol. The Labute approximate surface area is 149 Å². The second kappa shape index (κ2) is 7.54. The number of para-hydroxylation sites is 1. The molecule has 3 nitrogen and oxygen atoms in total. The molecule has 1 fully saturated rings. The van der Waals surface area contributed by atoms with E-state index in [2.05, 4.69) is 15.9 Å². The van der Waals surface area contributed by atoms with Crippen LogP contribution in [-0.2, 0) is 0 Å². The van der Waals surface area contributed by atoms with Gasteiger partial charge in [-0.05, 0) is 38.1 Å². The molecule has 0 bridgehead atoms. The van der Waals surface area contributed by atoms with E-state index in [1.807, 2.05) is 30.3 Å². The lowest BCUT2D eigenvalue weighted by Crippen LogP contribution is -2.38. The maximum atomic E-state index is 14.6. The average molecular weight is 340 g/mol. The molecule has 1 atom stereocenters. The van der Waals surface area contributed by atoms with Gasteiger partial charge in [0, 0.05) is 30.8 Å². The number of halogens is 1. The normalized spacial score (nSPS) is 21.6. The number of benzene rings is 2. The van der Waals surface area contributed by atoms with Gasteiger partial charge in [-0.15, -0.1) is 0 Å². The van der Waals surface area contributed by atoms with Gasteiger partial charge in [-0.3, -0.25) is 4.90 Å². The fourth-order valence-electron chi connectivity index (χ4n) is 4.01. The minimum Gasteiger partial charge on any atom is -0.492 e. The van der Waals surface area contributed by atoms with Crippen molar-refractivity contribution in [2.45, 2.75) is 18.9 Å². The lowest BCUT2D eigenvalue weighted by Gasteiger charge is -2.32. The lowest BCUT2D eigenvalue weighted by molar-refractivity contribution is 0.175. The van der Waals surface area contributed by atoms with Crippen molar-refractivity contribution in [1.82, 2.24) is 9.80 Å². The molecule has 1 unspecified atom stereocenters. The van der Waals surface area contributed by atoms with E-state index in [9.17, 15) is 4.39 Å². The van der Waals surface area contributed by atoms with E-state index in [0.29, 0.717) is 6.61 Å². The summed E-state index contributed by atoms with van der Waals surface area (Å²) in [5.74, 6) is 0.731. The molecule has 2 aromatic carbocycles. The molecule has 0 saturated carbocycles. The first-order valence-electron chi connectivity index (χ1n) is 9.25. The quantitative estimate of drug-likeness (QED) is 0.844. The van der Waals surface area contributed by atoms with Crippen molar-refractivity contribution in [2.75, 3.05) is 39.3 Å². The summed E-state index contributed by atoms with van der Waals surface area (Å²) in [6.07, 6.45) is 2.59. The molecule has 2 aliphatic rings. The van der Waals surface area contributed by atoms with Gasteiger partial charge in [0.2, 0.25) is 0 Å². The van der Waals surface area contributed by atoms with Crippen molar-refractivity contribution < 1.29 is 9.13 Å². The summed E-state index contributed by atoms with van der Waals surface area (Å²) in [6, 6.07) is 15.1. The van der Waals surface area contributed by atoms with E-state index in [-0.39, 0.29) is 11.9 Å². The average Bonchev–Trinajstić information content (AvgIpc) is 3.09. The van der Waals surface area contributed by atoms with Gasteiger partial charge in [0.05, 0.1) is 6.04 Å². The Kier molecular flexibility index (Phi) is 4.99. The third-order valence-corrected chi connectivity index (χ3v) is 5.32. The van der Waals surface area contributed by atoms with Crippen LogP contribution in [0.5, 0.6) is 5.75 Å². The molecular weight excluding hydrogens is 315 g/mol. The van der Waals surface area contributed by atoms with E-state index in [1.54, 1.807) is 12.1 Å². The largest absolute Gasteiger partial charge is 0.492 e. The number of hydrogen-bond acceptors (Lipinski definition) is 3. The number of ether oxygens (including phenoxy) is 1. The summed E-state index contributed by atoms with van der Waals surface area (Å²) >= 11 is 0. The van der Waals surface area contributed by atoms with Crippen LogP contribution in [0, 0.1) is 5.82 Å². The monoisotopic (exact) mass is 340 g/mol. The minimum absolute atomic E-state index is 0.0949. The van der Waals surface area contributed by atoms with Gasteiger partial charge in [-0.1, -0.05) is 36.4 Å². The second-order valence-corrected chi connectivity index (χ2v) is 6.90. The Morgan fingerprint density at radius 3 is 2.40 bits per heavy atom. The zero-order valence-electron chi connectivity index (χ0n) is 14.5. The molecule has 2 aromatic rings. The smallest absolute Gasteiger partial charge is 0.128 e. The van der Waals surface area contributed by atoms with Crippen molar-refractivity contribution in [3.05, 3.63) is 65.5 Å². The number of fused-ring (bicyclic) bond motifs is 1. The fourth-order valence-corrected chi connectivity index (χ4v) is 4.01. The first-order valence-corrected chi connectivity index (χ1v) is 9.25. The molecular formula is C21H25FN2O. The van der Waals surface area contributed by atoms with Gasteiger partial charge >= 0.3 is 0 Å². The van der Waals surface area contributed by atoms with Crippen molar-refractivity contribution in [1.29, 1.82) is 0 Å².